The number of nitrogens with one attached hydrogen (secondary N) is 1. The Labute approximate surface area is 94.6 Å². The molecule has 0 aromatic heterocycles. The molecule has 1 aliphatic heterocycles. The second kappa shape index (κ2) is 4.39. The summed E-state index contributed by atoms with van der Waals surface area (Å²) in [4.78, 5) is 0. The third kappa shape index (κ3) is 2.43. The van der Waals surface area contributed by atoms with Crippen molar-refractivity contribution in [3.05, 3.63) is 29.3 Å². The van der Waals surface area contributed by atoms with Gasteiger partial charge in [0.2, 0.25) is 0 Å². The minimum atomic E-state index is 0.125. The number of ether oxygens (including phenoxy) is 1. The first-order valence-corrected chi connectivity index (χ1v) is 5.39. The van der Waals surface area contributed by atoms with Crippen LogP contribution in [0, 0.1) is 5.41 Å². The van der Waals surface area contributed by atoms with Gasteiger partial charge < -0.3 is 15.8 Å². The molecule has 1 heterocycles. The molecule has 2 rings (SSSR count). The summed E-state index contributed by atoms with van der Waals surface area (Å²) < 4.78 is 5.20. The van der Waals surface area contributed by atoms with Gasteiger partial charge in [-0.2, -0.15) is 0 Å². The lowest BCUT2D eigenvalue weighted by Crippen LogP contribution is -2.52. The molecule has 0 unspecified atom stereocenters. The summed E-state index contributed by atoms with van der Waals surface area (Å²) in [5, 5.41) is 4.10. The molecule has 4 heteroatoms. The third-order valence-corrected chi connectivity index (χ3v) is 3.01. The van der Waals surface area contributed by atoms with Crippen LogP contribution in [0.3, 0.4) is 0 Å². The maximum Gasteiger partial charge on any atom is 0.0574 e. The molecule has 3 N–H and O–H groups in total. The summed E-state index contributed by atoms with van der Waals surface area (Å²) in [6.07, 6.45) is 0. The molecule has 1 aliphatic rings. The molecule has 15 heavy (non-hydrogen) atoms. The summed E-state index contributed by atoms with van der Waals surface area (Å²) in [5.74, 6) is 0. The standard InChI is InChI=1S/C11H15ClN2O/c12-9-1-3-10(4-2-9)14-6-11(5-13)7-15-8-11/h1-4,14H,5-8,13H2. The molecule has 1 aromatic rings. The number of halogens is 1. The number of hydrogen-bond acceptors (Lipinski definition) is 3. The Morgan fingerprint density at radius 3 is 2.47 bits per heavy atom. The van der Waals surface area contributed by atoms with Gasteiger partial charge in [0, 0.05) is 29.2 Å². The van der Waals surface area contributed by atoms with Gasteiger partial charge in [0.15, 0.2) is 0 Å². The molecule has 0 spiro atoms. The maximum atomic E-state index is 5.80. The van der Waals surface area contributed by atoms with Crippen LogP contribution in [0.15, 0.2) is 24.3 Å². The summed E-state index contributed by atoms with van der Waals surface area (Å²) in [6, 6.07) is 7.67. The Morgan fingerprint density at radius 2 is 2.00 bits per heavy atom. The van der Waals surface area contributed by atoms with Gasteiger partial charge in [-0.15, -0.1) is 0 Å². The lowest BCUT2D eigenvalue weighted by Gasteiger charge is -2.40. The van der Waals surface area contributed by atoms with Crippen molar-refractivity contribution in [2.45, 2.75) is 0 Å². The topological polar surface area (TPSA) is 47.3 Å². The number of anilines is 1. The van der Waals surface area contributed by atoms with E-state index in [0.29, 0.717) is 6.54 Å². The van der Waals surface area contributed by atoms with Crippen LogP contribution < -0.4 is 11.1 Å². The van der Waals surface area contributed by atoms with Gasteiger partial charge in [-0.05, 0) is 24.3 Å². The van der Waals surface area contributed by atoms with Crippen LogP contribution in [-0.2, 0) is 4.74 Å². The van der Waals surface area contributed by atoms with Gasteiger partial charge in [0.1, 0.15) is 0 Å². The monoisotopic (exact) mass is 226 g/mol. The van der Waals surface area contributed by atoms with Crippen molar-refractivity contribution >= 4 is 17.3 Å². The van der Waals surface area contributed by atoms with Crippen LogP contribution in [0.1, 0.15) is 0 Å². The van der Waals surface area contributed by atoms with E-state index < -0.39 is 0 Å². The predicted molar refractivity (Wildman–Crippen MR) is 62.2 cm³/mol. The van der Waals surface area contributed by atoms with E-state index >= 15 is 0 Å². The van der Waals surface area contributed by atoms with Crippen molar-refractivity contribution in [3.8, 4) is 0 Å². The van der Waals surface area contributed by atoms with Gasteiger partial charge in [-0.25, -0.2) is 0 Å². The van der Waals surface area contributed by atoms with Crippen molar-refractivity contribution in [2.24, 2.45) is 11.1 Å². The zero-order valence-corrected chi connectivity index (χ0v) is 9.26. The predicted octanol–water partition coefficient (Wildman–Crippen LogP) is 1.73. The van der Waals surface area contributed by atoms with Crippen molar-refractivity contribution in [1.29, 1.82) is 0 Å². The van der Waals surface area contributed by atoms with E-state index in [4.69, 9.17) is 22.1 Å². The second-order valence-corrected chi connectivity index (χ2v) is 4.49. The highest BCUT2D eigenvalue weighted by Gasteiger charge is 2.36. The molecule has 0 bridgehead atoms. The fourth-order valence-corrected chi connectivity index (χ4v) is 1.67. The lowest BCUT2D eigenvalue weighted by atomic mass is 9.86. The fraction of sp³-hybridized carbons (Fsp3) is 0.455. The SMILES string of the molecule is NCC1(CNc2ccc(Cl)cc2)COC1. The normalized spacial score (nSPS) is 18.3. The van der Waals surface area contributed by atoms with Crippen molar-refractivity contribution in [1.82, 2.24) is 0 Å². The Kier molecular flexibility index (Phi) is 3.14. The summed E-state index contributed by atoms with van der Waals surface area (Å²) in [5.41, 5.74) is 6.91. The van der Waals surface area contributed by atoms with Crippen molar-refractivity contribution in [2.75, 3.05) is 31.6 Å². The van der Waals surface area contributed by atoms with E-state index in [-0.39, 0.29) is 5.41 Å². The highest BCUT2D eigenvalue weighted by Crippen LogP contribution is 2.26. The molecule has 1 fully saturated rings. The van der Waals surface area contributed by atoms with E-state index in [2.05, 4.69) is 5.32 Å². The average Bonchev–Trinajstić information content (AvgIpc) is 2.20. The van der Waals surface area contributed by atoms with E-state index in [9.17, 15) is 0 Å². The number of hydrogen-bond donors (Lipinski definition) is 2. The molecule has 0 amide bonds. The van der Waals surface area contributed by atoms with Crippen LogP contribution in [-0.4, -0.2) is 26.3 Å². The van der Waals surface area contributed by atoms with Crippen LogP contribution >= 0.6 is 11.6 Å². The van der Waals surface area contributed by atoms with E-state index in [1.165, 1.54) is 0 Å². The summed E-state index contributed by atoms with van der Waals surface area (Å²) in [7, 11) is 0. The molecule has 0 saturated carbocycles. The van der Waals surface area contributed by atoms with Gasteiger partial charge in [0.25, 0.3) is 0 Å². The minimum Gasteiger partial charge on any atom is -0.384 e. The highest BCUT2D eigenvalue weighted by atomic mass is 35.5. The lowest BCUT2D eigenvalue weighted by molar-refractivity contribution is -0.0979. The third-order valence-electron chi connectivity index (χ3n) is 2.76. The molecule has 0 atom stereocenters. The molecular formula is C11H15ClN2O. The molecule has 1 saturated heterocycles. The molecular weight excluding hydrogens is 212 g/mol. The van der Waals surface area contributed by atoms with Crippen molar-refractivity contribution in [3.63, 3.8) is 0 Å². The first kappa shape index (κ1) is 10.7. The quantitative estimate of drug-likeness (QED) is 0.822. The van der Waals surface area contributed by atoms with Gasteiger partial charge in [0.05, 0.1) is 13.2 Å². The molecule has 3 nitrogen and oxygen atoms in total. The van der Waals surface area contributed by atoms with Crippen LogP contribution in [0.5, 0.6) is 0 Å². The Hall–Kier alpha value is -0.770. The smallest absolute Gasteiger partial charge is 0.0574 e. The van der Waals surface area contributed by atoms with Crippen LogP contribution in [0.2, 0.25) is 5.02 Å². The largest absolute Gasteiger partial charge is 0.384 e. The van der Waals surface area contributed by atoms with Gasteiger partial charge >= 0.3 is 0 Å². The maximum absolute atomic E-state index is 5.80. The number of nitrogens with two attached hydrogens (primary N) is 1. The van der Waals surface area contributed by atoms with Crippen molar-refractivity contribution < 1.29 is 4.74 Å². The fourth-order valence-electron chi connectivity index (χ4n) is 1.54. The zero-order valence-electron chi connectivity index (χ0n) is 8.50. The number of rotatable bonds is 4. The highest BCUT2D eigenvalue weighted by molar-refractivity contribution is 6.30. The molecule has 0 radical (unpaired) electrons. The first-order chi connectivity index (χ1) is 7.24. The number of benzene rings is 1. The second-order valence-electron chi connectivity index (χ2n) is 4.06. The molecule has 82 valence electrons. The Morgan fingerprint density at radius 1 is 1.33 bits per heavy atom. The average molecular weight is 227 g/mol. The van der Waals surface area contributed by atoms with E-state index in [1.54, 1.807) is 0 Å². The Balaban J connectivity index is 1.90. The first-order valence-electron chi connectivity index (χ1n) is 5.01. The van der Waals surface area contributed by atoms with E-state index in [1.807, 2.05) is 24.3 Å². The zero-order chi connectivity index (χ0) is 10.7. The summed E-state index contributed by atoms with van der Waals surface area (Å²) >= 11 is 5.80. The summed E-state index contributed by atoms with van der Waals surface area (Å²) in [6.45, 7) is 3.02. The van der Waals surface area contributed by atoms with E-state index in [0.717, 1.165) is 30.5 Å². The Bertz CT molecular complexity index is 316. The van der Waals surface area contributed by atoms with Gasteiger partial charge in [-0.3, -0.25) is 0 Å². The van der Waals surface area contributed by atoms with Gasteiger partial charge in [-0.1, -0.05) is 11.6 Å². The molecule has 1 aromatic carbocycles. The molecule has 0 aliphatic carbocycles. The van der Waals surface area contributed by atoms with Crippen LogP contribution in [0.25, 0.3) is 0 Å². The minimum absolute atomic E-state index is 0.125. The van der Waals surface area contributed by atoms with Crippen LogP contribution in [0.4, 0.5) is 5.69 Å².